The van der Waals surface area contributed by atoms with Gasteiger partial charge in [0.25, 0.3) is 0 Å². The molecule has 0 saturated carbocycles. The number of carbonyl (C=O) groups is 1. The summed E-state index contributed by atoms with van der Waals surface area (Å²) in [5.74, 6) is 0.813. The van der Waals surface area contributed by atoms with E-state index in [4.69, 9.17) is 0 Å². The van der Waals surface area contributed by atoms with Gasteiger partial charge in [-0.2, -0.15) is 0 Å². The number of rotatable bonds is 6. The minimum absolute atomic E-state index is 0.0515. The number of hydrogen-bond acceptors (Lipinski definition) is 2. The van der Waals surface area contributed by atoms with E-state index in [1.807, 2.05) is 6.08 Å². The van der Waals surface area contributed by atoms with Crippen LogP contribution in [0.25, 0.3) is 6.08 Å². The summed E-state index contributed by atoms with van der Waals surface area (Å²) in [6, 6.07) is 16.8. The zero-order chi connectivity index (χ0) is 18.3. The van der Waals surface area contributed by atoms with E-state index in [0.717, 1.165) is 11.3 Å². The fraction of sp³-hybridized carbons (Fsp3) is 0.318. The van der Waals surface area contributed by atoms with E-state index < -0.39 is 0 Å². The fourth-order valence-corrected chi connectivity index (χ4v) is 3.07. The lowest BCUT2D eigenvalue weighted by atomic mass is 9.87. The monoisotopic (exact) mass is 353 g/mol. The molecule has 0 aliphatic rings. The zero-order valence-electron chi connectivity index (χ0n) is 15.5. The summed E-state index contributed by atoms with van der Waals surface area (Å²) in [6.07, 6.45) is 3.46. The molecule has 1 N–H and O–H groups in total. The third-order valence-electron chi connectivity index (χ3n) is 3.89. The van der Waals surface area contributed by atoms with E-state index in [2.05, 4.69) is 81.5 Å². The van der Waals surface area contributed by atoms with E-state index in [1.165, 1.54) is 16.0 Å². The second-order valence-corrected chi connectivity index (χ2v) is 8.33. The predicted molar refractivity (Wildman–Crippen MR) is 109 cm³/mol. The van der Waals surface area contributed by atoms with Gasteiger partial charge in [0.1, 0.15) is 0 Å². The van der Waals surface area contributed by atoms with Gasteiger partial charge in [-0.1, -0.05) is 62.7 Å². The summed E-state index contributed by atoms with van der Waals surface area (Å²) in [5, 5.41) is 2.92. The minimum Gasteiger partial charge on any atom is -0.352 e. The van der Waals surface area contributed by atoms with Crippen LogP contribution in [0.3, 0.4) is 0 Å². The van der Waals surface area contributed by atoms with Crippen LogP contribution in [0.2, 0.25) is 0 Å². The van der Waals surface area contributed by atoms with Crippen LogP contribution < -0.4 is 5.32 Å². The molecule has 0 saturated heterocycles. The van der Waals surface area contributed by atoms with E-state index >= 15 is 0 Å². The maximum atomic E-state index is 11.9. The van der Waals surface area contributed by atoms with Gasteiger partial charge < -0.3 is 5.32 Å². The number of nitrogens with one attached hydrogen (secondary N) is 1. The van der Waals surface area contributed by atoms with Crippen molar-refractivity contribution in [2.45, 2.75) is 38.0 Å². The molecular weight excluding hydrogens is 326 g/mol. The summed E-state index contributed by atoms with van der Waals surface area (Å²) < 4.78 is 0. The smallest absolute Gasteiger partial charge is 0.244 e. The Labute approximate surface area is 155 Å². The first-order chi connectivity index (χ1) is 11.8. The average molecular weight is 354 g/mol. The fourth-order valence-electron chi connectivity index (χ4n) is 2.30. The Bertz CT molecular complexity index is 709. The van der Waals surface area contributed by atoms with Gasteiger partial charge >= 0.3 is 0 Å². The molecule has 0 aliphatic heterocycles. The Kier molecular flexibility index (Phi) is 6.89. The van der Waals surface area contributed by atoms with E-state index in [-0.39, 0.29) is 11.3 Å². The Morgan fingerprint density at radius 3 is 2.28 bits per heavy atom. The van der Waals surface area contributed by atoms with Crippen LogP contribution in [0, 0.1) is 6.92 Å². The van der Waals surface area contributed by atoms with Crippen LogP contribution in [0.4, 0.5) is 0 Å². The molecule has 0 unspecified atom stereocenters. The molecule has 25 heavy (non-hydrogen) atoms. The van der Waals surface area contributed by atoms with Gasteiger partial charge in [-0.15, -0.1) is 11.8 Å². The SMILES string of the molecule is Cc1ccc(SCCNC(=O)/C=C/c2ccc(C(C)(C)C)cc2)cc1. The Morgan fingerprint density at radius 1 is 1.04 bits per heavy atom. The first kappa shape index (κ1) is 19.3. The first-order valence-electron chi connectivity index (χ1n) is 8.60. The highest BCUT2D eigenvalue weighted by Gasteiger charge is 2.12. The Balaban J connectivity index is 1.74. The largest absolute Gasteiger partial charge is 0.352 e. The van der Waals surface area contributed by atoms with Crippen molar-refractivity contribution in [1.29, 1.82) is 0 Å². The third-order valence-corrected chi connectivity index (χ3v) is 4.91. The highest BCUT2D eigenvalue weighted by Crippen LogP contribution is 2.22. The molecule has 0 atom stereocenters. The second-order valence-electron chi connectivity index (χ2n) is 7.16. The maximum absolute atomic E-state index is 11.9. The predicted octanol–water partition coefficient (Wildman–Crippen LogP) is 5.21. The second kappa shape index (κ2) is 8.91. The molecule has 1 amide bonds. The van der Waals surface area contributed by atoms with E-state index in [0.29, 0.717) is 6.54 Å². The lowest BCUT2D eigenvalue weighted by molar-refractivity contribution is -0.116. The summed E-state index contributed by atoms with van der Waals surface area (Å²) in [5.41, 5.74) is 3.74. The number of carbonyl (C=O) groups excluding carboxylic acids is 1. The van der Waals surface area contributed by atoms with Crippen LogP contribution in [0.5, 0.6) is 0 Å². The molecular formula is C22H27NOS. The highest BCUT2D eigenvalue weighted by atomic mass is 32.2. The highest BCUT2D eigenvalue weighted by molar-refractivity contribution is 7.99. The molecule has 2 nitrogen and oxygen atoms in total. The molecule has 2 aromatic rings. The van der Waals surface area contributed by atoms with Crippen molar-refractivity contribution in [3.63, 3.8) is 0 Å². The molecule has 2 aromatic carbocycles. The lowest BCUT2D eigenvalue weighted by Crippen LogP contribution is -2.23. The van der Waals surface area contributed by atoms with Crippen molar-refractivity contribution in [2.24, 2.45) is 0 Å². The Morgan fingerprint density at radius 2 is 1.68 bits per heavy atom. The minimum atomic E-state index is -0.0515. The van der Waals surface area contributed by atoms with Crippen molar-refractivity contribution in [3.8, 4) is 0 Å². The van der Waals surface area contributed by atoms with Crippen molar-refractivity contribution < 1.29 is 4.79 Å². The van der Waals surface area contributed by atoms with Gasteiger partial charge in [0, 0.05) is 23.3 Å². The molecule has 2 rings (SSSR count). The summed E-state index contributed by atoms with van der Waals surface area (Å²) in [7, 11) is 0. The standard InChI is InChI=1S/C22H27NOS/c1-17-5-12-20(13-6-17)25-16-15-23-21(24)14-9-18-7-10-19(11-8-18)22(2,3)4/h5-14H,15-16H2,1-4H3,(H,23,24)/b14-9+. The number of benzene rings is 2. The molecule has 0 heterocycles. The van der Waals surface area contributed by atoms with Crippen LogP contribution in [-0.4, -0.2) is 18.2 Å². The molecule has 132 valence electrons. The van der Waals surface area contributed by atoms with Crippen molar-refractivity contribution in [2.75, 3.05) is 12.3 Å². The van der Waals surface area contributed by atoms with Crippen LogP contribution in [0.15, 0.2) is 59.5 Å². The average Bonchev–Trinajstić information content (AvgIpc) is 2.58. The quantitative estimate of drug-likeness (QED) is 0.438. The summed E-state index contributed by atoms with van der Waals surface area (Å²) >= 11 is 1.75. The van der Waals surface area contributed by atoms with Gasteiger partial charge in [0.2, 0.25) is 5.91 Å². The third kappa shape index (κ3) is 6.79. The molecule has 0 fully saturated rings. The molecule has 0 bridgehead atoms. The zero-order valence-corrected chi connectivity index (χ0v) is 16.3. The first-order valence-corrected chi connectivity index (χ1v) is 9.59. The molecule has 3 heteroatoms. The van der Waals surface area contributed by atoms with Gasteiger partial charge in [0.15, 0.2) is 0 Å². The number of thioether (sulfide) groups is 1. The molecule has 0 aliphatic carbocycles. The van der Waals surface area contributed by atoms with Crippen molar-refractivity contribution in [1.82, 2.24) is 5.32 Å². The van der Waals surface area contributed by atoms with Gasteiger partial charge in [0.05, 0.1) is 0 Å². The Hall–Kier alpha value is -2.00. The number of amides is 1. The van der Waals surface area contributed by atoms with Crippen LogP contribution in [-0.2, 0) is 10.2 Å². The normalized spacial score (nSPS) is 11.7. The summed E-state index contributed by atoms with van der Waals surface area (Å²) in [4.78, 5) is 13.1. The topological polar surface area (TPSA) is 29.1 Å². The molecule has 0 aromatic heterocycles. The van der Waals surface area contributed by atoms with Gasteiger partial charge in [-0.3, -0.25) is 4.79 Å². The number of aryl methyl sites for hydroxylation is 1. The van der Waals surface area contributed by atoms with Gasteiger partial charge in [-0.25, -0.2) is 0 Å². The number of hydrogen-bond donors (Lipinski definition) is 1. The summed E-state index contributed by atoms with van der Waals surface area (Å²) in [6.45, 7) is 9.32. The van der Waals surface area contributed by atoms with E-state index in [1.54, 1.807) is 17.8 Å². The van der Waals surface area contributed by atoms with Crippen molar-refractivity contribution >= 4 is 23.7 Å². The van der Waals surface area contributed by atoms with Crippen LogP contribution >= 0.6 is 11.8 Å². The van der Waals surface area contributed by atoms with Crippen molar-refractivity contribution in [3.05, 3.63) is 71.3 Å². The molecule has 0 radical (unpaired) electrons. The lowest BCUT2D eigenvalue weighted by Gasteiger charge is -2.18. The van der Waals surface area contributed by atoms with Crippen LogP contribution in [0.1, 0.15) is 37.5 Å². The van der Waals surface area contributed by atoms with Gasteiger partial charge in [-0.05, 0) is 41.7 Å². The molecule has 0 spiro atoms. The maximum Gasteiger partial charge on any atom is 0.244 e. The van der Waals surface area contributed by atoms with E-state index in [9.17, 15) is 4.79 Å².